The van der Waals surface area contributed by atoms with Gasteiger partial charge in [0.25, 0.3) is 0 Å². The predicted molar refractivity (Wildman–Crippen MR) is 73.5 cm³/mol. The van der Waals surface area contributed by atoms with Crippen LogP contribution in [0.2, 0.25) is 0 Å². The molecule has 0 aliphatic rings. The maximum Gasteiger partial charge on any atom is 0.0960 e. The molecule has 0 aliphatic heterocycles. The summed E-state index contributed by atoms with van der Waals surface area (Å²) in [6.07, 6.45) is 3.03. The van der Waals surface area contributed by atoms with Crippen molar-refractivity contribution in [3.05, 3.63) is 23.9 Å². The molecule has 1 N–H and O–H groups in total. The molecule has 0 radical (unpaired) electrons. The van der Waals surface area contributed by atoms with Crippen molar-refractivity contribution in [2.24, 2.45) is 0 Å². The van der Waals surface area contributed by atoms with Crippen LogP contribution in [0.1, 0.15) is 31.9 Å². The Kier molecular flexibility index (Phi) is 7.24. The van der Waals surface area contributed by atoms with E-state index in [1.165, 1.54) is 5.56 Å². The first-order valence-electron chi connectivity index (χ1n) is 6.09. The van der Waals surface area contributed by atoms with E-state index >= 15 is 0 Å². The number of aromatic nitrogens is 1. The molecule has 0 fully saturated rings. The van der Waals surface area contributed by atoms with E-state index < -0.39 is 0 Å². The lowest BCUT2D eigenvalue weighted by Gasteiger charge is -2.12. The lowest BCUT2D eigenvalue weighted by atomic mass is 10.1. The van der Waals surface area contributed by atoms with Crippen LogP contribution in [0, 0.1) is 0 Å². The van der Waals surface area contributed by atoms with Gasteiger partial charge in [0.05, 0.1) is 5.03 Å². The number of ether oxygens (including phenoxy) is 1. The Morgan fingerprint density at radius 3 is 2.88 bits per heavy atom. The van der Waals surface area contributed by atoms with Crippen LogP contribution in [0.15, 0.2) is 23.4 Å². The summed E-state index contributed by atoms with van der Waals surface area (Å²) in [4.78, 5) is 4.46. The van der Waals surface area contributed by atoms with Crippen molar-refractivity contribution in [2.75, 3.05) is 26.0 Å². The van der Waals surface area contributed by atoms with Gasteiger partial charge in [-0.3, -0.25) is 0 Å². The molecule has 96 valence electrons. The summed E-state index contributed by atoms with van der Waals surface area (Å²) in [6, 6.07) is 4.62. The molecule has 1 rings (SSSR count). The normalized spacial score (nSPS) is 12.6. The Bertz CT molecular complexity index is 303. The Hall–Kier alpha value is -0.580. The molecule has 4 heteroatoms. The third kappa shape index (κ3) is 5.52. The van der Waals surface area contributed by atoms with Gasteiger partial charge in [0.15, 0.2) is 0 Å². The second kappa shape index (κ2) is 8.50. The first-order chi connectivity index (χ1) is 8.27. The van der Waals surface area contributed by atoms with Crippen LogP contribution >= 0.6 is 11.8 Å². The molecule has 0 bridgehead atoms. The van der Waals surface area contributed by atoms with Crippen LogP contribution in [0.3, 0.4) is 0 Å². The molecule has 1 atom stereocenters. The topological polar surface area (TPSA) is 34.1 Å². The highest BCUT2D eigenvalue weighted by molar-refractivity contribution is 7.99. The van der Waals surface area contributed by atoms with E-state index in [1.54, 1.807) is 18.9 Å². The monoisotopic (exact) mass is 254 g/mol. The summed E-state index contributed by atoms with van der Waals surface area (Å²) >= 11 is 1.78. The molecule has 1 aromatic rings. The fraction of sp³-hybridized carbons (Fsp3) is 0.615. The van der Waals surface area contributed by atoms with Crippen molar-refractivity contribution in [3.63, 3.8) is 0 Å². The number of nitrogens with zero attached hydrogens (tertiary/aromatic N) is 1. The molecule has 3 nitrogen and oxygen atoms in total. The largest absolute Gasteiger partial charge is 0.385 e. The summed E-state index contributed by atoms with van der Waals surface area (Å²) in [5.41, 5.74) is 1.24. The van der Waals surface area contributed by atoms with Crippen LogP contribution in [-0.4, -0.2) is 31.0 Å². The summed E-state index contributed by atoms with van der Waals surface area (Å²) in [5.74, 6) is 1.06. The highest BCUT2D eigenvalue weighted by atomic mass is 32.2. The van der Waals surface area contributed by atoms with E-state index in [-0.39, 0.29) is 0 Å². The average molecular weight is 254 g/mol. The summed E-state index contributed by atoms with van der Waals surface area (Å²) in [5, 5.41) is 4.47. The second-order valence-electron chi connectivity index (χ2n) is 3.90. The smallest absolute Gasteiger partial charge is 0.0960 e. The van der Waals surface area contributed by atoms with Crippen molar-refractivity contribution < 1.29 is 4.74 Å². The van der Waals surface area contributed by atoms with Crippen LogP contribution in [0.25, 0.3) is 0 Å². The lowest BCUT2D eigenvalue weighted by Crippen LogP contribution is -2.17. The lowest BCUT2D eigenvalue weighted by molar-refractivity contribution is 0.200. The first kappa shape index (κ1) is 14.5. The number of methoxy groups -OCH3 is 1. The van der Waals surface area contributed by atoms with Crippen molar-refractivity contribution in [2.45, 2.75) is 31.3 Å². The Balaban J connectivity index is 2.39. The SMILES string of the molecule is CCNC(C)c1ccc(SCCCOC)nc1. The molecule has 0 saturated heterocycles. The predicted octanol–water partition coefficient (Wildman–Crippen LogP) is 2.88. The highest BCUT2D eigenvalue weighted by Crippen LogP contribution is 2.18. The van der Waals surface area contributed by atoms with Gasteiger partial charge in [-0.15, -0.1) is 11.8 Å². The van der Waals surface area contributed by atoms with E-state index in [0.29, 0.717) is 6.04 Å². The molecule has 17 heavy (non-hydrogen) atoms. The first-order valence-corrected chi connectivity index (χ1v) is 7.07. The molecule has 0 aromatic carbocycles. The maximum absolute atomic E-state index is 5.02. The molecule has 1 aromatic heterocycles. The number of hydrogen-bond acceptors (Lipinski definition) is 4. The van der Waals surface area contributed by atoms with Crippen molar-refractivity contribution in [3.8, 4) is 0 Å². The van der Waals surface area contributed by atoms with E-state index in [9.17, 15) is 0 Å². The molecule has 0 aliphatic carbocycles. The zero-order valence-corrected chi connectivity index (χ0v) is 11.7. The average Bonchev–Trinajstić information content (AvgIpc) is 2.36. The zero-order chi connectivity index (χ0) is 12.5. The van der Waals surface area contributed by atoms with Crippen molar-refractivity contribution >= 4 is 11.8 Å². The van der Waals surface area contributed by atoms with Crippen LogP contribution in [-0.2, 0) is 4.74 Å². The van der Waals surface area contributed by atoms with Crippen molar-refractivity contribution in [1.29, 1.82) is 0 Å². The summed E-state index contributed by atoms with van der Waals surface area (Å²) in [7, 11) is 1.74. The number of nitrogens with one attached hydrogen (secondary N) is 1. The summed E-state index contributed by atoms with van der Waals surface area (Å²) < 4.78 is 5.02. The van der Waals surface area contributed by atoms with Crippen molar-refractivity contribution in [1.82, 2.24) is 10.3 Å². The van der Waals surface area contributed by atoms with E-state index in [1.807, 2.05) is 6.20 Å². The molecule has 1 unspecified atom stereocenters. The minimum Gasteiger partial charge on any atom is -0.385 e. The molecule has 0 saturated carbocycles. The van der Waals surface area contributed by atoms with Crippen LogP contribution in [0.4, 0.5) is 0 Å². The third-order valence-electron chi connectivity index (χ3n) is 2.51. The molecule has 1 heterocycles. The van der Waals surface area contributed by atoms with E-state index in [0.717, 1.165) is 30.4 Å². The minimum absolute atomic E-state index is 0.375. The van der Waals surface area contributed by atoms with Crippen LogP contribution < -0.4 is 5.32 Å². The van der Waals surface area contributed by atoms with E-state index in [2.05, 4.69) is 36.3 Å². The van der Waals surface area contributed by atoms with Gasteiger partial charge in [0.1, 0.15) is 0 Å². The maximum atomic E-state index is 5.02. The minimum atomic E-state index is 0.375. The zero-order valence-electron chi connectivity index (χ0n) is 10.9. The molecular weight excluding hydrogens is 232 g/mol. The highest BCUT2D eigenvalue weighted by Gasteiger charge is 2.04. The third-order valence-corrected chi connectivity index (χ3v) is 3.54. The van der Waals surface area contributed by atoms with Gasteiger partial charge in [-0.25, -0.2) is 4.98 Å². The Labute approximate surface area is 108 Å². The van der Waals surface area contributed by atoms with Gasteiger partial charge in [-0.05, 0) is 31.5 Å². The number of pyridine rings is 1. The van der Waals surface area contributed by atoms with Gasteiger partial charge >= 0.3 is 0 Å². The van der Waals surface area contributed by atoms with E-state index in [4.69, 9.17) is 4.74 Å². The second-order valence-corrected chi connectivity index (χ2v) is 5.02. The fourth-order valence-corrected chi connectivity index (χ4v) is 2.30. The van der Waals surface area contributed by atoms with Gasteiger partial charge < -0.3 is 10.1 Å². The van der Waals surface area contributed by atoms with Gasteiger partial charge in [-0.1, -0.05) is 13.0 Å². The summed E-state index contributed by atoms with van der Waals surface area (Å²) in [6.45, 7) is 6.08. The number of thioether (sulfide) groups is 1. The Morgan fingerprint density at radius 2 is 2.29 bits per heavy atom. The fourth-order valence-electron chi connectivity index (χ4n) is 1.54. The molecular formula is C13H22N2OS. The standard InChI is InChI=1S/C13H22N2OS/c1-4-14-11(2)12-6-7-13(15-10-12)17-9-5-8-16-3/h6-7,10-11,14H,4-5,8-9H2,1-3H3. The Morgan fingerprint density at radius 1 is 1.47 bits per heavy atom. The van der Waals surface area contributed by atoms with Gasteiger partial charge in [-0.2, -0.15) is 0 Å². The van der Waals surface area contributed by atoms with Gasteiger partial charge in [0, 0.05) is 31.7 Å². The number of hydrogen-bond donors (Lipinski definition) is 1. The number of rotatable bonds is 8. The van der Waals surface area contributed by atoms with Gasteiger partial charge in [0.2, 0.25) is 0 Å². The quantitative estimate of drug-likeness (QED) is 0.571. The van der Waals surface area contributed by atoms with Crippen LogP contribution in [0.5, 0.6) is 0 Å². The molecule has 0 amide bonds. The molecule has 0 spiro atoms.